The molecule has 0 spiro atoms. The third-order valence-corrected chi connectivity index (χ3v) is 3.07. The van der Waals surface area contributed by atoms with Gasteiger partial charge in [-0.2, -0.15) is 0 Å². The van der Waals surface area contributed by atoms with E-state index in [1.165, 1.54) is 17.3 Å². The van der Waals surface area contributed by atoms with Gasteiger partial charge in [-0.1, -0.05) is 29.4 Å². The van der Waals surface area contributed by atoms with Gasteiger partial charge in [-0.3, -0.25) is 4.79 Å². The molecule has 17 heavy (non-hydrogen) atoms. The van der Waals surface area contributed by atoms with Crippen molar-refractivity contribution < 1.29 is 9.32 Å². The fourth-order valence-electron chi connectivity index (χ4n) is 2.15. The van der Waals surface area contributed by atoms with Crippen molar-refractivity contribution in [2.45, 2.75) is 13.0 Å². The van der Waals surface area contributed by atoms with Crippen molar-refractivity contribution in [3.63, 3.8) is 0 Å². The van der Waals surface area contributed by atoms with E-state index in [-0.39, 0.29) is 5.91 Å². The van der Waals surface area contributed by atoms with Crippen LogP contribution >= 0.6 is 0 Å². The van der Waals surface area contributed by atoms with Crippen LogP contribution < -0.4 is 0 Å². The summed E-state index contributed by atoms with van der Waals surface area (Å²) in [6.07, 6.45) is 2.39. The number of carbonyl (C=O) groups is 1. The molecule has 1 aromatic heterocycles. The zero-order chi connectivity index (χ0) is 11.7. The van der Waals surface area contributed by atoms with Gasteiger partial charge in [0.15, 0.2) is 0 Å². The van der Waals surface area contributed by atoms with E-state index in [4.69, 9.17) is 4.52 Å². The Morgan fingerprint density at radius 2 is 2.06 bits per heavy atom. The highest BCUT2D eigenvalue weighted by Gasteiger charge is 2.23. The van der Waals surface area contributed by atoms with Crippen molar-refractivity contribution >= 4 is 5.91 Å². The van der Waals surface area contributed by atoms with E-state index in [0.29, 0.717) is 12.3 Å². The van der Waals surface area contributed by atoms with Gasteiger partial charge in [-0.05, 0) is 17.5 Å². The third kappa shape index (κ3) is 1.82. The van der Waals surface area contributed by atoms with Crippen molar-refractivity contribution in [1.29, 1.82) is 0 Å². The first-order chi connectivity index (χ1) is 8.34. The number of nitrogens with zero attached hydrogens (tertiary/aromatic N) is 2. The molecule has 0 radical (unpaired) electrons. The third-order valence-electron chi connectivity index (χ3n) is 3.07. The van der Waals surface area contributed by atoms with Crippen LogP contribution in [0.4, 0.5) is 0 Å². The number of carbonyl (C=O) groups excluding carboxylic acids is 1. The lowest BCUT2D eigenvalue weighted by molar-refractivity contribution is 0.0692. The van der Waals surface area contributed by atoms with Gasteiger partial charge in [-0.15, -0.1) is 0 Å². The van der Waals surface area contributed by atoms with Crippen LogP contribution in [0.5, 0.6) is 0 Å². The van der Waals surface area contributed by atoms with Crippen LogP contribution in [0.15, 0.2) is 41.1 Å². The Balaban J connectivity index is 1.83. The predicted molar refractivity (Wildman–Crippen MR) is 61.4 cm³/mol. The molecule has 0 aliphatic carbocycles. The predicted octanol–water partition coefficient (Wildman–Crippen LogP) is 1.87. The molecule has 1 aliphatic rings. The molecule has 0 fully saturated rings. The molecule has 0 N–H and O–H groups in total. The van der Waals surface area contributed by atoms with Gasteiger partial charge in [0.25, 0.3) is 5.91 Å². The van der Waals surface area contributed by atoms with Crippen molar-refractivity contribution in [2.75, 3.05) is 6.54 Å². The van der Waals surface area contributed by atoms with Gasteiger partial charge in [0.05, 0.1) is 6.20 Å². The maximum Gasteiger partial charge on any atom is 0.292 e. The van der Waals surface area contributed by atoms with Gasteiger partial charge in [0.1, 0.15) is 0 Å². The molecule has 2 aromatic rings. The molecule has 4 heteroatoms. The molecule has 1 amide bonds. The summed E-state index contributed by atoms with van der Waals surface area (Å²) in [4.78, 5) is 13.9. The second kappa shape index (κ2) is 4.05. The normalized spacial score (nSPS) is 14.5. The molecule has 1 aliphatic heterocycles. The van der Waals surface area contributed by atoms with Crippen molar-refractivity contribution in [2.24, 2.45) is 0 Å². The van der Waals surface area contributed by atoms with E-state index >= 15 is 0 Å². The van der Waals surface area contributed by atoms with Crippen molar-refractivity contribution in [3.8, 4) is 0 Å². The molecule has 2 heterocycles. The molecule has 0 saturated carbocycles. The average molecular weight is 228 g/mol. The minimum atomic E-state index is -0.0861. The van der Waals surface area contributed by atoms with E-state index < -0.39 is 0 Å². The first kappa shape index (κ1) is 10.1. The second-order valence-electron chi connectivity index (χ2n) is 4.12. The van der Waals surface area contributed by atoms with Crippen LogP contribution in [0.3, 0.4) is 0 Å². The Morgan fingerprint density at radius 3 is 2.82 bits per heavy atom. The van der Waals surface area contributed by atoms with Crippen LogP contribution in [0.25, 0.3) is 0 Å². The summed E-state index contributed by atoms with van der Waals surface area (Å²) in [6.45, 7) is 1.38. The monoisotopic (exact) mass is 228 g/mol. The zero-order valence-electron chi connectivity index (χ0n) is 9.30. The number of hydrogen-bond donors (Lipinski definition) is 0. The SMILES string of the molecule is O=C(c1ccno1)N1CCc2ccccc2C1. The van der Waals surface area contributed by atoms with Crippen LogP contribution in [-0.2, 0) is 13.0 Å². The van der Waals surface area contributed by atoms with E-state index in [1.807, 2.05) is 12.1 Å². The number of rotatable bonds is 1. The van der Waals surface area contributed by atoms with Crippen LogP contribution in [-0.4, -0.2) is 22.5 Å². The molecular formula is C13H12N2O2. The molecule has 3 rings (SSSR count). The summed E-state index contributed by atoms with van der Waals surface area (Å²) in [5, 5.41) is 3.56. The Kier molecular flexibility index (Phi) is 2.40. The number of aromatic nitrogens is 1. The Labute approximate surface area is 98.8 Å². The van der Waals surface area contributed by atoms with E-state index in [0.717, 1.165) is 13.0 Å². The Hall–Kier alpha value is -2.10. The highest BCUT2D eigenvalue weighted by Crippen LogP contribution is 2.19. The first-order valence-corrected chi connectivity index (χ1v) is 5.61. The van der Waals surface area contributed by atoms with Gasteiger partial charge in [0.2, 0.25) is 5.76 Å². The van der Waals surface area contributed by atoms with Gasteiger partial charge in [-0.25, -0.2) is 0 Å². The molecule has 86 valence electrons. The summed E-state index contributed by atoms with van der Waals surface area (Å²) in [5.41, 5.74) is 2.54. The van der Waals surface area contributed by atoms with Gasteiger partial charge >= 0.3 is 0 Å². The highest BCUT2D eigenvalue weighted by atomic mass is 16.5. The summed E-state index contributed by atoms with van der Waals surface area (Å²) in [6, 6.07) is 9.82. The summed E-state index contributed by atoms with van der Waals surface area (Å²) >= 11 is 0. The molecule has 1 aromatic carbocycles. The minimum absolute atomic E-state index is 0.0861. The summed E-state index contributed by atoms with van der Waals surface area (Å²) in [5.74, 6) is 0.224. The lowest BCUT2D eigenvalue weighted by atomic mass is 10.00. The molecule has 4 nitrogen and oxygen atoms in total. The quantitative estimate of drug-likeness (QED) is 0.748. The summed E-state index contributed by atoms with van der Waals surface area (Å²) in [7, 11) is 0. The molecular weight excluding hydrogens is 216 g/mol. The zero-order valence-corrected chi connectivity index (χ0v) is 9.30. The number of benzene rings is 1. The number of amides is 1. The van der Waals surface area contributed by atoms with Crippen molar-refractivity contribution in [1.82, 2.24) is 10.1 Å². The summed E-state index contributed by atoms with van der Waals surface area (Å²) < 4.78 is 4.90. The topological polar surface area (TPSA) is 46.3 Å². The lowest BCUT2D eigenvalue weighted by Gasteiger charge is -2.27. The molecule has 0 saturated heterocycles. The molecule has 0 atom stereocenters. The smallest absolute Gasteiger partial charge is 0.292 e. The number of fused-ring (bicyclic) bond motifs is 1. The first-order valence-electron chi connectivity index (χ1n) is 5.61. The van der Waals surface area contributed by atoms with Crippen LogP contribution in [0.2, 0.25) is 0 Å². The van der Waals surface area contributed by atoms with Gasteiger partial charge in [0, 0.05) is 19.2 Å². The molecule has 0 unspecified atom stereocenters. The average Bonchev–Trinajstić information content (AvgIpc) is 2.91. The fourth-order valence-corrected chi connectivity index (χ4v) is 2.15. The van der Waals surface area contributed by atoms with Crippen molar-refractivity contribution in [3.05, 3.63) is 53.4 Å². The van der Waals surface area contributed by atoms with E-state index in [9.17, 15) is 4.79 Å². The highest BCUT2D eigenvalue weighted by molar-refractivity contribution is 5.91. The molecule has 0 bridgehead atoms. The Bertz CT molecular complexity index is 534. The van der Waals surface area contributed by atoms with Crippen LogP contribution in [0.1, 0.15) is 21.7 Å². The maximum atomic E-state index is 12.1. The fraction of sp³-hybridized carbons (Fsp3) is 0.231. The van der Waals surface area contributed by atoms with E-state index in [2.05, 4.69) is 17.3 Å². The standard InChI is InChI=1S/C13H12N2O2/c16-13(12-5-7-14-17-12)15-8-6-10-3-1-2-4-11(10)9-15/h1-5,7H,6,8-9H2. The van der Waals surface area contributed by atoms with Gasteiger partial charge < -0.3 is 9.42 Å². The maximum absolute atomic E-state index is 12.1. The second-order valence-corrected chi connectivity index (χ2v) is 4.12. The lowest BCUT2D eigenvalue weighted by Crippen LogP contribution is -2.35. The van der Waals surface area contributed by atoms with Crippen LogP contribution in [0, 0.1) is 0 Å². The Morgan fingerprint density at radius 1 is 1.24 bits per heavy atom. The largest absolute Gasteiger partial charge is 0.351 e. The minimum Gasteiger partial charge on any atom is -0.351 e. The van der Waals surface area contributed by atoms with E-state index in [1.54, 1.807) is 11.0 Å². The number of hydrogen-bond acceptors (Lipinski definition) is 3.